The number of hydrogen-bond acceptors (Lipinski definition) is 5. The van der Waals surface area contributed by atoms with Gasteiger partial charge in [0.05, 0.1) is 30.4 Å². The van der Waals surface area contributed by atoms with Gasteiger partial charge in [-0.25, -0.2) is 8.42 Å². The molecular weight excluding hydrogens is 356 g/mol. The number of anilines is 1. The fraction of sp³-hybridized carbons (Fsp3) is 0.278. The minimum Gasteiger partial charge on any atom is -0.496 e. The molecule has 0 aliphatic heterocycles. The zero-order chi connectivity index (χ0) is 19.3. The lowest BCUT2D eigenvalue weighted by molar-refractivity contribution is 0.0940. The average molecular weight is 378 g/mol. The molecule has 2 rings (SSSR count). The maximum Gasteiger partial charge on any atom is 0.262 e. The topological polar surface area (TPSA) is 93.7 Å². The minimum atomic E-state index is -3.92. The zero-order valence-corrected chi connectivity index (χ0v) is 15.9. The summed E-state index contributed by atoms with van der Waals surface area (Å²) in [6.45, 7) is 3.63. The smallest absolute Gasteiger partial charge is 0.262 e. The summed E-state index contributed by atoms with van der Waals surface area (Å²) in [5.41, 5.74) is 0.447. The largest absolute Gasteiger partial charge is 0.496 e. The molecule has 0 aliphatic carbocycles. The van der Waals surface area contributed by atoms with E-state index in [2.05, 4.69) is 10.0 Å². The molecule has 0 heterocycles. The summed E-state index contributed by atoms with van der Waals surface area (Å²) >= 11 is 0. The van der Waals surface area contributed by atoms with Gasteiger partial charge in [0.25, 0.3) is 15.9 Å². The molecule has 0 saturated carbocycles. The van der Waals surface area contributed by atoms with E-state index in [-0.39, 0.29) is 16.5 Å². The lowest BCUT2D eigenvalue weighted by Crippen LogP contribution is -2.30. The lowest BCUT2D eigenvalue weighted by Gasteiger charge is -2.15. The van der Waals surface area contributed by atoms with Crippen LogP contribution in [0.3, 0.4) is 0 Å². The van der Waals surface area contributed by atoms with Gasteiger partial charge >= 0.3 is 0 Å². The molecule has 0 bridgehead atoms. The summed E-state index contributed by atoms with van der Waals surface area (Å²) in [4.78, 5) is 12.3. The number of para-hydroxylation sites is 2. The van der Waals surface area contributed by atoms with Gasteiger partial charge in [0, 0.05) is 6.04 Å². The molecule has 26 heavy (non-hydrogen) atoms. The molecule has 0 atom stereocenters. The highest BCUT2D eigenvalue weighted by molar-refractivity contribution is 7.92. The number of benzene rings is 2. The van der Waals surface area contributed by atoms with Gasteiger partial charge in [-0.15, -0.1) is 0 Å². The van der Waals surface area contributed by atoms with Crippen LogP contribution in [0.25, 0.3) is 0 Å². The molecule has 2 N–H and O–H groups in total. The highest BCUT2D eigenvalue weighted by Gasteiger charge is 2.21. The van der Waals surface area contributed by atoms with E-state index in [4.69, 9.17) is 9.47 Å². The monoisotopic (exact) mass is 378 g/mol. The number of carbonyl (C=O) groups excluding carboxylic acids is 1. The number of carbonyl (C=O) groups is 1. The zero-order valence-electron chi connectivity index (χ0n) is 15.1. The number of methoxy groups -OCH3 is 2. The maximum atomic E-state index is 12.7. The Kier molecular flexibility index (Phi) is 6.10. The van der Waals surface area contributed by atoms with Crippen LogP contribution in [-0.2, 0) is 10.0 Å². The lowest BCUT2D eigenvalue weighted by atomic mass is 10.2. The van der Waals surface area contributed by atoms with E-state index in [0.29, 0.717) is 17.2 Å². The van der Waals surface area contributed by atoms with Crippen molar-refractivity contribution < 1.29 is 22.7 Å². The normalized spacial score (nSPS) is 11.1. The van der Waals surface area contributed by atoms with E-state index in [9.17, 15) is 13.2 Å². The second kappa shape index (κ2) is 8.09. The highest BCUT2D eigenvalue weighted by atomic mass is 32.2. The Morgan fingerprint density at radius 2 is 1.65 bits per heavy atom. The minimum absolute atomic E-state index is 0.0573. The van der Waals surface area contributed by atoms with E-state index in [1.807, 2.05) is 13.8 Å². The molecule has 8 heteroatoms. The van der Waals surface area contributed by atoms with Gasteiger partial charge in [-0.2, -0.15) is 0 Å². The van der Waals surface area contributed by atoms with Gasteiger partial charge in [-0.1, -0.05) is 12.1 Å². The third kappa shape index (κ3) is 4.45. The van der Waals surface area contributed by atoms with Gasteiger partial charge in [0.15, 0.2) is 0 Å². The molecule has 0 radical (unpaired) electrons. The van der Waals surface area contributed by atoms with Crippen molar-refractivity contribution in [1.29, 1.82) is 0 Å². The Bertz CT molecular complexity index is 894. The second-order valence-corrected chi connectivity index (χ2v) is 7.48. The Morgan fingerprint density at radius 1 is 1.00 bits per heavy atom. The van der Waals surface area contributed by atoms with Crippen molar-refractivity contribution in [2.45, 2.75) is 24.8 Å². The number of sulfonamides is 1. The van der Waals surface area contributed by atoms with Crippen molar-refractivity contribution >= 4 is 21.6 Å². The quantitative estimate of drug-likeness (QED) is 0.772. The van der Waals surface area contributed by atoms with Gasteiger partial charge in [0.1, 0.15) is 11.5 Å². The predicted octanol–water partition coefficient (Wildman–Crippen LogP) is 2.64. The van der Waals surface area contributed by atoms with Crippen LogP contribution in [0.4, 0.5) is 5.69 Å². The van der Waals surface area contributed by atoms with Crippen LogP contribution in [0.2, 0.25) is 0 Å². The third-order valence-corrected chi connectivity index (χ3v) is 4.86. The molecule has 0 spiro atoms. The van der Waals surface area contributed by atoms with E-state index in [1.165, 1.54) is 32.4 Å². The number of hydrogen-bond donors (Lipinski definition) is 2. The Labute approximate surface area is 153 Å². The first-order valence-corrected chi connectivity index (χ1v) is 9.41. The van der Waals surface area contributed by atoms with Crippen molar-refractivity contribution in [3.8, 4) is 11.5 Å². The molecule has 1 amide bonds. The third-order valence-electron chi connectivity index (χ3n) is 3.50. The van der Waals surface area contributed by atoms with Gasteiger partial charge in [-0.05, 0) is 44.2 Å². The summed E-state index contributed by atoms with van der Waals surface area (Å²) in [7, 11) is -1.05. The van der Waals surface area contributed by atoms with E-state index in [1.54, 1.807) is 24.3 Å². The van der Waals surface area contributed by atoms with Crippen molar-refractivity contribution in [3.63, 3.8) is 0 Å². The summed E-state index contributed by atoms with van der Waals surface area (Å²) in [6.07, 6.45) is 0. The van der Waals surface area contributed by atoms with Crippen LogP contribution in [0.5, 0.6) is 11.5 Å². The van der Waals surface area contributed by atoms with Crippen LogP contribution in [0.1, 0.15) is 24.2 Å². The molecule has 2 aromatic carbocycles. The first kappa shape index (κ1) is 19.6. The first-order chi connectivity index (χ1) is 12.3. The fourth-order valence-corrected chi connectivity index (χ4v) is 3.40. The first-order valence-electron chi connectivity index (χ1n) is 7.93. The van der Waals surface area contributed by atoms with Crippen LogP contribution in [0.15, 0.2) is 47.4 Å². The summed E-state index contributed by atoms with van der Waals surface area (Å²) < 4.78 is 38.3. The summed E-state index contributed by atoms with van der Waals surface area (Å²) in [5.74, 6) is 0.271. The van der Waals surface area contributed by atoms with Crippen molar-refractivity contribution in [3.05, 3.63) is 48.0 Å². The van der Waals surface area contributed by atoms with Crippen molar-refractivity contribution in [2.75, 3.05) is 18.9 Å². The molecular formula is C18H22N2O5S. The molecule has 0 fully saturated rings. The fourth-order valence-electron chi connectivity index (χ4n) is 2.30. The molecule has 0 aliphatic rings. The highest BCUT2D eigenvalue weighted by Crippen LogP contribution is 2.28. The van der Waals surface area contributed by atoms with Crippen LogP contribution >= 0.6 is 0 Å². The van der Waals surface area contributed by atoms with E-state index in [0.717, 1.165) is 0 Å². The molecule has 7 nitrogen and oxygen atoms in total. The van der Waals surface area contributed by atoms with E-state index >= 15 is 0 Å². The maximum absolute atomic E-state index is 12.7. The second-order valence-electron chi connectivity index (χ2n) is 5.80. The van der Waals surface area contributed by atoms with Gasteiger partial charge in [0.2, 0.25) is 0 Å². The van der Waals surface area contributed by atoms with Gasteiger partial charge < -0.3 is 14.8 Å². The van der Waals surface area contributed by atoms with Crippen LogP contribution in [-0.4, -0.2) is 34.6 Å². The molecule has 0 unspecified atom stereocenters. The summed E-state index contributed by atoms with van der Waals surface area (Å²) in [6, 6.07) is 10.7. The van der Waals surface area contributed by atoms with Crippen LogP contribution < -0.4 is 19.5 Å². The predicted molar refractivity (Wildman–Crippen MR) is 99.4 cm³/mol. The van der Waals surface area contributed by atoms with Crippen molar-refractivity contribution in [2.24, 2.45) is 0 Å². The Balaban J connectivity index is 2.42. The molecule has 0 aromatic heterocycles. The number of rotatable bonds is 7. The molecule has 0 saturated heterocycles. The van der Waals surface area contributed by atoms with E-state index < -0.39 is 15.9 Å². The SMILES string of the molecule is COc1ccccc1NS(=O)(=O)c1ccc(OC)c(C(=O)NC(C)C)c1. The van der Waals surface area contributed by atoms with Gasteiger partial charge in [-0.3, -0.25) is 9.52 Å². The number of amides is 1. The summed E-state index contributed by atoms with van der Waals surface area (Å²) in [5, 5.41) is 2.73. The number of ether oxygens (including phenoxy) is 2. The molecule has 2 aromatic rings. The van der Waals surface area contributed by atoms with Crippen LogP contribution in [0, 0.1) is 0 Å². The average Bonchev–Trinajstić information content (AvgIpc) is 2.60. The molecule has 140 valence electrons. The Hall–Kier alpha value is -2.74. The van der Waals surface area contributed by atoms with Crippen molar-refractivity contribution in [1.82, 2.24) is 5.32 Å². The Morgan fingerprint density at radius 3 is 2.27 bits per heavy atom. The standard InChI is InChI=1S/C18H22N2O5S/c1-12(2)19-18(21)14-11-13(9-10-16(14)24-3)26(22,23)20-15-7-5-6-8-17(15)25-4/h5-12,20H,1-4H3,(H,19,21). The number of nitrogens with one attached hydrogen (secondary N) is 2.